The highest BCUT2D eigenvalue weighted by Crippen LogP contribution is 2.73. The number of carbonyl (C=O) groups is 1. The first-order chi connectivity index (χ1) is 11.5. The molecule has 4 spiro atoms. The van der Waals surface area contributed by atoms with Gasteiger partial charge in [-0.05, 0) is 105 Å². The number of esters is 1. The van der Waals surface area contributed by atoms with Crippen molar-refractivity contribution in [3.63, 3.8) is 0 Å². The fraction of sp³-hybridized carbons (Fsp3) is 0.955. The second-order valence-corrected chi connectivity index (χ2v) is 11.4. The van der Waals surface area contributed by atoms with Crippen molar-refractivity contribution >= 4 is 5.97 Å². The number of hydrogen-bond acceptors (Lipinski definition) is 2. The predicted molar refractivity (Wildman–Crippen MR) is 92.3 cm³/mol. The standard InChI is InChI=1S/C22H32O2/c23-18(17-9-22(10-17)14-20(15-22)5-2-6-20)24-11-16-7-21(8-16)12-19(13-21)3-1-4-19/h16-17H,1-15H2. The Kier molecular flexibility index (Phi) is 2.69. The zero-order chi connectivity index (χ0) is 16.0. The summed E-state index contributed by atoms with van der Waals surface area (Å²) in [6.45, 7) is 0.723. The summed E-state index contributed by atoms with van der Waals surface area (Å²) >= 11 is 0. The van der Waals surface area contributed by atoms with E-state index in [0.29, 0.717) is 16.7 Å². The highest BCUT2D eigenvalue weighted by Gasteiger charge is 2.63. The van der Waals surface area contributed by atoms with Gasteiger partial charge in [0.25, 0.3) is 0 Å². The van der Waals surface area contributed by atoms with E-state index in [4.69, 9.17) is 4.74 Å². The second kappa shape index (κ2) is 4.41. The fourth-order valence-electron chi connectivity index (χ4n) is 8.47. The number of hydrogen-bond donors (Lipinski definition) is 0. The number of carbonyl (C=O) groups excluding carboxylic acids is 1. The van der Waals surface area contributed by atoms with E-state index in [1.165, 1.54) is 77.0 Å². The minimum atomic E-state index is 0.139. The van der Waals surface area contributed by atoms with E-state index in [1.807, 2.05) is 0 Å². The van der Waals surface area contributed by atoms with Crippen LogP contribution in [0.4, 0.5) is 0 Å². The van der Waals surface area contributed by atoms with Crippen molar-refractivity contribution in [3.05, 3.63) is 0 Å². The lowest BCUT2D eigenvalue weighted by Gasteiger charge is -2.67. The van der Waals surface area contributed by atoms with Gasteiger partial charge in [0, 0.05) is 0 Å². The lowest BCUT2D eigenvalue weighted by Crippen LogP contribution is -2.58. The number of rotatable bonds is 3. The monoisotopic (exact) mass is 328 g/mol. The third-order valence-corrected chi connectivity index (χ3v) is 9.43. The van der Waals surface area contributed by atoms with E-state index in [2.05, 4.69) is 0 Å². The van der Waals surface area contributed by atoms with Crippen LogP contribution < -0.4 is 0 Å². The summed E-state index contributed by atoms with van der Waals surface area (Å²) in [6.07, 6.45) is 19.7. The molecule has 0 atom stereocenters. The van der Waals surface area contributed by atoms with Gasteiger partial charge in [-0.1, -0.05) is 12.8 Å². The van der Waals surface area contributed by atoms with Gasteiger partial charge >= 0.3 is 5.97 Å². The summed E-state index contributed by atoms with van der Waals surface area (Å²) in [5.41, 5.74) is 2.81. The van der Waals surface area contributed by atoms with Gasteiger partial charge in [0.2, 0.25) is 0 Å². The molecule has 0 bridgehead atoms. The molecule has 0 aliphatic heterocycles. The Hall–Kier alpha value is -0.530. The summed E-state index contributed by atoms with van der Waals surface area (Å²) in [4.78, 5) is 12.3. The van der Waals surface area contributed by atoms with E-state index >= 15 is 0 Å². The average Bonchev–Trinajstić information content (AvgIpc) is 2.27. The Labute approximate surface area is 146 Å². The molecule has 0 unspecified atom stereocenters. The van der Waals surface area contributed by atoms with Gasteiger partial charge in [-0.3, -0.25) is 4.79 Å². The average molecular weight is 328 g/mol. The molecule has 132 valence electrons. The zero-order valence-corrected chi connectivity index (χ0v) is 15.1. The molecule has 0 aromatic heterocycles. The van der Waals surface area contributed by atoms with Crippen molar-refractivity contribution in [1.29, 1.82) is 0 Å². The lowest BCUT2D eigenvalue weighted by atomic mass is 9.38. The Bertz CT molecular complexity index is 551. The third-order valence-electron chi connectivity index (χ3n) is 9.43. The van der Waals surface area contributed by atoms with Crippen molar-refractivity contribution in [2.45, 2.75) is 89.9 Å². The quantitative estimate of drug-likeness (QED) is 0.661. The van der Waals surface area contributed by atoms with Crippen molar-refractivity contribution in [3.8, 4) is 0 Å². The van der Waals surface area contributed by atoms with Crippen molar-refractivity contribution in [2.24, 2.45) is 33.5 Å². The van der Waals surface area contributed by atoms with Crippen LogP contribution in [0.25, 0.3) is 0 Å². The molecule has 0 aromatic rings. The first kappa shape index (κ1) is 14.6. The molecule has 0 saturated heterocycles. The van der Waals surface area contributed by atoms with Gasteiger partial charge in [0.05, 0.1) is 12.5 Å². The van der Waals surface area contributed by atoms with Crippen LogP contribution in [0.2, 0.25) is 0 Å². The maximum atomic E-state index is 12.3. The van der Waals surface area contributed by atoms with Crippen molar-refractivity contribution in [2.75, 3.05) is 6.61 Å². The topological polar surface area (TPSA) is 26.3 Å². The summed E-state index contributed by atoms with van der Waals surface area (Å²) in [5, 5.41) is 0. The fourth-order valence-corrected chi connectivity index (χ4v) is 8.47. The molecule has 0 N–H and O–H groups in total. The first-order valence-corrected chi connectivity index (χ1v) is 10.7. The molecule has 0 aromatic carbocycles. The molecule has 24 heavy (non-hydrogen) atoms. The molecule has 6 aliphatic carbocycles. The molecule has 0 heterocycles. The molecule has 2 nitrogen and oxygen atoms in total. The van der Waals surface area contributed by atoms with Gasteiger partial charge in [-0.25, -0.2) is 0 Å². The third kappa shape index (κ3) is 1.92. The van der Waals surface area contributed by atoms with E-state index in [9.17, 15) is 4.79 Å². The van der Waals surface area contributed by atoms with Crippen LogP contribution in [-0.2, 0) is 9.53 Å². The normalized spacial score (nSPS) is 36.2. The maximum Gasteiger partial charge on any atom is 0.308 e. The van der Waals surface area contributed by atoms with Crippen LogP contribution >= 0.6 is 0 Å². The van der Waals surface area contributed by atoms with Crippen LogP contribution in [0.3, 0.4) is 0 Å². The molecular weight excluding hydrogens is 296 g/mol. The minimum Gasteiger partial charge on any atom is -0.465 e. The molecule has 6 fully saturated rings. The van der Waals surface area contributed by atoms with Crippen molar-refractivity contribution < 1.29 is 9.53 Å². The summed E-state index contributed by atoms with van der Waals surface area (Å²) in [6, 6.07) is 0. The second-order valence-electron chi connectivity index (χ2n) is 11.4. The first-order valence-electron chi connectivity index (χ1n) is 10.7. The van der Waals surface area contributed by atoms with E-state index < -0.39 is 0 Å². The molecule has 6 rings (SSSR count). The smallest absolute Gasteiger partial charge is 0.308 e. The minimum absolute atomic E-state index is 0.139. The van der Waals surface area contributed by atoms with Gasteiger partial charge in [0.1, 0.15) is 0 Å². The summed E-state index contributed by atoms with van der Waals surface area (Å²) in [7, 11) is 0. The molecule has 2 heteroatoms. The van der Waals surface area contributed by atoms with Crippen LogP contribution in [0.5, 0.6) is 0 Å². The highest BCUT2D eigenvalue weighted by molar-refractivity contribution is 5.74. The predicted octanol–water partition coefficient (Wildman–Crippen LogP) is 5.25. The Morgan fingerprint density at radius 1 is 0.750 bits per heavy atom. The van der Waals surface area contributed by atoms with Gasteiger partial charge in [0.15, 0.2) is 0 Å². The van der Waals surface area contributed by atoms with Crippen LogP contribution in [0, 0.1) is 33.5 Å². The molecule has 6 saturated carbocycles. The molecule has 0 amide bonds. The van der Waals surface area contributed by atoms with Crippen molar-refractivity contribution in [1.82, 2.24) is 0 Å². The maximum absolute atomic E-state index is 12.3. The molecular formula is C22H32O2. The molecule has 6 aliphatic rings. The van der Waals surface area contributed by atoms with E-state index in [1.54, 1.807) is 0 Å². The highest BCUT2D eigenvalue weighted by atomic mass is 16.5. The SMILES string of the molecule is O=C(OCC1CC2(C1)CC1(CCC1)C2)C1CC2(C1)CC1(CCC1)C2. The van der Waals surface area contributed by atoms with Gasteiger partial charge < -0.3 is 4.74 Å². The zero-order valence-electron chi connectivity index (χ0n) is 15.1. The summed E-state index contributed by atoms with van der Waals surface area (Å²) < 4.78 is 5.72. The van der Waals surface area contributed by atoms with Crippen LogP contribution in [-0.4, -0.2) is 12.6 Å². The Balaban J connectivity index is 0.914. The Morgan fingerprint density at radius 2 is 1.25 bits per heavy atom. The van der Waals surface area contributed by atoms with E-state index in [-0.39, 0.29) is 11.9 Å². The van der Waals surface area contributed by atoms with Crippen LogP contribution in [0.1, 0.15) is 89.9 Å². The van der Waals surface area contributed by atoms with Gasteiger partial charge in [-0.2, -0.15) is 0 Å². The van der Waals surface area contributed by atoms with Crippen LogP contribution in [0.15, 0.2) is 0 Å². The van der Waals surface area contributed by atoms with E-state index in [0.717, 1.165) is 30.3 Å². The largest absolute Gasteiger partial charge is 0.465 e. The summed E-state index contributed by atoms with van der Waals surface area (Å²) in [5.74, 6) is 1.07. The van der Waals surface area contributed by atoms with Gasteiger partial charge in [-0.15, -0.1) is 0 Å². The lowest BCUT2D eigenvalue weighted by molar-refractivity contribution is -0.195. The Morgan fingerprint density at radius 3 is 1.71 bits per heavy atom. The number of ether oxygens (including phenoxy) is 1. The molecule has 0 radical (unpaired) electrons.